The number of halogens is 1. The molecule has 2 N–H and O–H groups in total. The number of nitrogens with one attached hydrogen (secondary N) is 2. The van der Waals surface area contributed by atoms with E-state index >= 15 is 0 Å². The van der Waals surface area contributed by atoms with Gasteiger partial charge >= 0.3 is 0 Å². The summed E-state index contributed by atoms with van der Waals surface area (Å²) in [5.74, 6) is -0.693. The van der Waals surface area contributed by atoms with Crippen LogP contribution in [0.5, 0.6) is 0 Å². The lowest BCUT2D eigenvalue weighted by atomic mass is 10.2. The van der Waals surface area contributed by atoms with Crippen molar-refractivity contribution < 1.29 is 12.8 Å². The number of hydrogen-bond donors (Lipinski definition) is 2. The predicted octanol–water partition coefficient (Wildman–Crippen LogP) is 1.41. The maximum absolute atomic E-state index is 13.7. The van der Waals surface area contributed by atoms with E-state index in [0.29, 0.717) is 5.56 Å². The summed E-state index contributed by atoms with van der Waals surface area (Å²) >= 11 is 0. The first-order valence-corrected chi connectivity index (χ1v) is 7.35. The Bertz CT molecular complexity index is 503. The third-order valence-corrected chi connectivity index (χ3v) is 4.02. The average molecular weight is 274 g/mol. The lowest BCUT2D eigenvalue weighted by molar-refractivity contribution is 0.527. The molecule has 0 saturated carbocycles. The molecule has 0 bridgehead atoms. The zero-order valence-electron chi connectivity index (χ0n) is 10.8. The van der Waals surface area contributed by atoms with Crippen molar-refractivity contribution in [3.63, 3.8) is 0 Å². The second-order valence-electron chi connectivity index (χ2n) is 4.20. The van der Waals surface area contributed by atoms with Gasteiger partial charge in [-0.1, -0.05) is 19.1 Å². The van der Waals surface area contributed by atoms with Crippen molar-refractivity contribution in [2.75, 3.05) is 13.1 Å². The van der Waals surface area contributed by atoms with Crippen LogP contribution in [0.15, 0.2) is 23.1 Å². The standard InChI is InChI=1S/C12H19FN2O2S/c1-4-14-10(3)8-15-18(16,17)11-7-5-6-9(2)12(11)13/h5-7,10,14-15H,4,8H2,1-3H3/t10-/m1/s1. The second-order valence-corrected chi connectivity index (χ2v) is 5.93. The van der Waals surface area contributed by atoms with Gasteiger partial charge in [0.25, 0.3) is 0 Å². The lowest BCUT2D eigenvalue weighted by Gasteiger charge is -2.14. The van der Waals surface area contributed by atoms with Gasteiger partial charge in [0, 0.05) is 12.6 Å². The maximum atomic E-state index is 13.7. The average Bonchev–Trinajstić information content (AvgIpc) is 2.30. The van der Waals surface area contributed by atoms with Crippen molar-refractivity contribution in [2.24, 2.45) is 0 Å². The lowest BCUT2D eigenvalue weighted by Crippen LogP contribution is -2.39. The highest BCUT2D eigenvalue weighted by molar-refractivity contribution is 7.89. The number of aryl methyl sites for hydroxylation is 1. The highest BCUT2D eigenvalue weighted by atomic mass is 32.2. The van der Waals surface area contributed by atoms with Gasteiger partial charge in [0.15, 0.2) is 0 Å². The highest BCUT2D eigenvalue weighted by Gasteiger charge is 2.20. The molecule has 0 radical (unpaired) electrons. The Hall–Kier alpha value is -0.980. The SMILES string of the molecule is CCN[C@H](C)CNS(=O)(=O)c1cccc(C)c1F. The normalized spacial score (nSPS) is 13.6. The topological polar surface area (TPSA) is 58.2 Å². The molecule has 0 fully saturated rings. The van der Waals surface area contributed by atoms with Gasteiger partial charge in [0.2, 0.25) is 10.0 Å². The molecular formula is C12H19FN2O2S. The van der Waals surface area contributed by atoms with Gasteiger partial charge < -0.3 is 5.32 Å². The maximum Gasteiger partial charge on any atom is 0.243 e. The molecule has 0 aliphatic heterocycles. The van der Waals surface area contributed by atoms with E-state index in [4.69, 9.17) is 0 Å². The Morgan fingerprint density at radius 1 is 1.39 bits per heavy atom. The van der Waals surface area contributed by atoms with E-state index in [1.54, 1.807) is 0 Å². The van der Waals surface area contributed by atoms with Gasteiger partial charge in [-0.05, 0) is 32.0 Å². The summed E-state index contributed by atoms with van der Waals surface area (Å²) in [6, 6.07) is 4.33. The first-order valence-electron chi connectivity index (χ1n) is 5.86. The molecule has 6 heteroatoms. The molecule has 4 nitrogen and oxygen atoms in total. The summed E-state index contributed by atoms with van der Waals surface area (Å²) < 4.78 is 40.0. The molecular weight excluding hydrogens is 255 g/mol. The molecule has 1 atom stereocenters. The molecule has 0 saturated heterocycles. The van der Waals surface area contributed by atoms with Crippen LogP contribution in [0.4, 0.5) is 4.39 Å². The van der Waals surface area contributed by atoms with Crippen LogP contribution in [0.1, 0.15) is 19.4 Å². The van der Waals surface area contributed by atoms with Crippen molar-refractivity contribution in [3.05, 3.63) is 29.6 Å². The van der Waals surface area contributed by atoms with Crippen molar-refractivity contribution in [3.8, 4) is 0 Å². The molecule has 1 rings (SSSR count). The molecule has 1 aromatic carbocycles. The predicted molar refractivity (Wildman–Crippen MR) is 69.5 cm³/mol. The summed E-state index contributed by atoms with van der Waals surface area (Å²) in [6.45, 7) is 6.31. The number of likely N-dealkylation sites (N-methyl/N-ethyl adjacent to an activating group) is 1. The van der Waals surface area contributed by atoms with Crippen LogP contribution in [0, 0.1) is 12.7 Å². The van der Waals surface area contributed by atoms with Gasteiger partial charge in [-0.3, -0.25) is 0 Å². The van der Waals surface area contributed by atoms with Crippen molar-refractivity contribution >= 4 is 10.0 Å². The summed E-state index contributed by atoms with van der Waals surface area (Å²) in [5.41, 5.74) is 0.317. The Balaban J connectivity index is 2.84. The van der Waals surface area contributed by atoms with E-state index in [1.807, 2.05) is 13.8 Å². The largest absolute Gasteiger partial charge is 0.313 e. The smallest absolute Gasteiger partial charge is 0.243 e. The third kappa shape index (κ3) is 3.76. The van der Waals surface area contributed by atoms with Gasteiger partial charge in [-0.15, -0.1) is 0 Å². The summed E-state index contributed by atoms with van der Waals surface area (Å²) in [6.07, 6.45) is 0. The molecule has 102 valence electrons. The van der Waals surface area contributed by atoms with Crippen LogP contribution >= 0.6 is 0 Å². The van der Waals surface area contributed by atoms with E-state index < -0.39 is 15.8 Å². The first kappa shape index (κ1) is 15.1. The minimum absolute atomic E-state index is 0.00218. The van der Waals surface area contributed by atoms with Gasteiger partial charge in [0.05, 0.1) is 0 Å². The fourth-order valence-corrected chi connectivity index (χ4v) is 2.84. The number of hydrogen-bond acceptors (Lipinski definition) is 3. The number of rotatable bonds is 6. The molecule has 0 aromatic heterocycles. The fourth-order valence-electron chi connectivity index (χ4n) is 1.56. The van der Waals surface area contributed by atoms with E-state index in [1.165, 1.54) is 25.1 Å². The Morgan fingerprint density at radius 2 is 2.06 bits per heavy atom. The molecule has 18 heavy (non-hydrogen) atoms. The van der Waals surface area contributed by atoms with Crippen molar-refractivity contribution in [1.29, 1.82) is 0 Å². The Kier molecular flexibility index (Phi) is 5.25. The highest BCUT2D eigenvalue weighted by Crippen LogP contribution is 2.16. The Labute approximate surface area is 108 Å². The minimum atomic E-state index is -3.79. The third-order valence-electron chi connectivity index (χ3n) is 2.58. The molecule has 0 unspecified atom stereocenters. The summed E-state index contributed by atoms with van der Waals surface area (Å²) in [5, 5.41) is 3.07. The Morgan fingerprint density at radius 3 is 2.67 bits per heavy atom. The molecule has 0 spiro atoms. The first-order chi connectivity index (χ1) is 8.38. The van der Waals surface area contributed by atoms with E-state index in [0.717, 1.165) is 6.54 Å². The molecule has 0 aliphatic rings. The van der Waals surface area contributed by atoms with E-state index in [-0.39, 0.29) is 17.5 Å². The monoisotopic (exact) mass is 274 g/mol. The summed E-state index contributed by atoms with van der Waals surface area (Å²) in [7, 11) is -3.79. The second kappa shape index (κ2) is 6.26. The van der Waals surface area contributed by atoms with Gasteiger partial charge in [-0.2, -0.15) is 0 Å². The van der Waals surface area contributed by atoms with Crippen LogP contribution in [-0.4, -0.2) is 27.5 Å². The zero-order chi connectivity index (χ0) is 13.8. The molecule has 1 aromatic rings. The van der Waals surface area contributed by atoms with Crippen LogP contribution in [-0.2, 0) is 10.0 Å². The van der Waals surface area contributed by atoms with Crippen LogP contribution in [0.2, 0.25) is 0 Å². The van der Waals surface area contributed by atoms with Crippen LogP contribution < -0.4 is 10.0 Å². The number of sulfonamides is 1. The van der Waals surface area contributed by atoms with Crippen LogP contribution in [0.25, 0.3) is 0 Å². The van der Waals surface area contributed by atoms with Crippen molar-refractivity contribution in [1.82, 2.24) is 10.0 Å². The van der Waals surface area contributed by atoms with Crippen molar-refractivity contribution in [2.45, 2.75) is 31.7 Å². The number of benzene rings is 1. The van der Waals surface area contributed by atoms with Crippen LogP contribution in [0.3, 0.4) is 0 Å². The molecule has 0 amide bonds. The molecule has 0 heterocycles. The van der Waals surface area contributed by atoms with Gasteiger partial charge in [-0.25, -0.2) is 17.5 Å². The van der Waals surface area contributed by atoms with E-state index in [9.17, 15) is 12.8 Å². The summed E-state index contributed by atoms with van der Waals surface area (Å²) in [4.78, 5) is -0.300. The fraction of sp³-hybridized carbons (Fsp3) is 0.500. The minimum Gasteiger partial charge on any atom is -0.313 e. The molecule has 0 aliphatic carbocycles. The van der Waals surface area contributed by atoms with Gasteiger partial charge in [0.1, 0.15) is 10.7 Å². The quantitative estimate of drug-likeness (QED) is 0.824. The zero-order valence-corrected chi connectivity index (χ0v) is 11.6. The van der Waals surface area contributed by atoms with E-state index in [2.05, 4.69) is 10.0 Å².